The lowest BCUT2D eigenvalue weighted by atomic mass is 10.0. The van der Waals surface area contributed by atoms with E-state index < -0.39 is 35.7 Å². The summed E-state index contributed by atoms with van der Waals surface area (Å²) < 4.78 is 80.8. The van der Waals surface area contributed by atoms with Crippen LogP contribution in [-0.4, -0.2) is 30.5 Å². The van der Waals surface area contributed by atoms with E-state index in [1.54, 1.807) is 17.7 Å². The minimum Gasteiger partial charge on any atom is -0.342 e. The molecule has 7 nitrogen and oxygen atoms in total. The predicted molar refractivity (Wildman–Crippen MR) is 107 cm³/mol. The number of amides is 1. The fraction of sp³-hybridized carbons (Fsp3) is 0.429. The minimum atomic E-state index is -4.69. The molecule has 1 unspecified atom stereocenters. The summed E-state index contributed by atoms with van der Waals surface area (Å²) in [4.78, 5) is 16.2. The molecule has 3 aromatic heterocycles. The van der Waals surface area contributed by atoms with Crippen molar-refractivity contribution in [2.24, 2.45) is 7.05 Å². The molecule has 1 aliphatic heterocycles. The molecule has 4 rings (SSSR count). The Morgan fingerprint density at radius 2 is 1.74 bits per heavy atom. The van der Waals surface area contributed by atoms with Gasteiger partial charge >= 0.3 is 12.4 Å². The second-order valence-electron chi connectivity index (χ2n) is 8.12. The fourth-order valence-corrected chi connectivity index (χ4v) is 3.93. The van der Waals surface area contributed by atoms with E-state index >= 15 is 0 Å². The maximum absolute atomic E-state index is 13.2. The smallest absolute Gasteiger partial charge is 0.342 e. The van der Waals surface area contributed by atoms with Crippen molar-refractivity contribution in [3.8, 4) is 11.3 Å². The highest BCUT2D eigenvalue weighted by Crippen LogP contribution is 2.34. The topological polar surface area (TPSA) is 77.6 Å². The first-order valence-electron chi connectivity index (χ1n) is 10.4. The van der Waals surface area contributed by atoms with Crippen LogP contribution in [0.1, 0.15) is 58.4 Å². The summed E-state index contributed by atoms with van der Waals surface area (Å²) in [7, 11) is 1.24. The lowest BCUT2D eigenvalue weighted by molar-refractivity contribution is -0.142. The van der Waals surface area contributed by atoms with Gasteiger partial charge in [0.2, 0.25) is 0 Å². The van der Waals surface area contributed by atoms with Gasteiger partial charge in [-0.1, -0.05) is 0 Å². The third kappa shape index (κ3) is 4.64. The minimum absolute atomic E-state index is 0.259. The van der Waals surface area contributed by atoms with Gasteiger partial charge in [0.1, 0.15) is 11.4 Å². The van der Waals surface area contributed by atoms with Crippen molar-refractivity contribution in [3.63, 3.8) is 0 Å². The van der Waals surface area contributed by atoms with Crippen LogP contribution in [0.5, 0.6) is 0 Å². The number of aromatic nitrogens is 5. The molecule has 4 heterocycles. The quantitative estimate of drug-likeness (QED) is 0.546. The molecule has 0 radical (unpaired) electrons. The Bertz CT molecular complexity index is 1230. The Morgan fingerprint density at radius 3 is 2.38 bits per heavy atom. The zero-order chi connectivity index (χ0) is 24.8. The number of carbonyl (C=O) groups is 1. The van der Waals surface area contributed by atoms with Crippen LogP contribution in [0.2, 0.25) is 0 Å². The summed E-state index contributed by atoms with van der Waals surface area (Å²) in [5.41, 5.74) is -0.876. The third-order valence-corrected chi connectivity index (χ3v) is 5.66. The lowest BCUT2D eigenvalue weighted by Gasteiger charge is -2.17. The summed E-state index contributed by atoms with van der Waals surface area (Å²) >= 11 is 0. The maximum atomic E-state index is 13.2. The Kier molecular flexibility index (Phi) is 5.90. The molecule has 0 aromatic carbocycles. The van der Waals surface area contributed by atoms with Crippen molar-refractivity contribution < 1.29 is 31.1 Å². The summed E-state index contributed by atoms with van der Waals surface area (Å²) in [5, 5.41) is 10.5. The van der Waals surface area contributed by atoms with Crippen LogP contribution in [0.3, 0.4) is 0 Å². The predicted octanol–water partition coefficient (Wildman–Crippen LogP) is 4.68. The molecule has 13 heteroatoms. The second kappa shape index (κ2) is 8.44. The molecule has 1 atom stereocenters. The molecule has 1 N–H and O–H groups in total. The van der Waals surface area contributed by atoms with Crippen LogP contribution in [-0.2, 0) is 25.9 Å². The molecule has 0 fully saturated rings. The fourth-order valence-electron chi connectivity index (χ4n) is 3.93. The number of aryl methyl sites for hydroxylation is 3. The molecular formula is C21H20F6N6O. The van der Waals surface area contributed by atoms with E-state index in [-0.39, 0.29) is 11.3 Å². The average molecular weight is 486 g/mol. The number of halogens is 6. The molecule has 34 heavy (non-hydrogen) atoms. The summed E-state index contributed by atoms with van der Waals surface area (Å²) in [6.45, 7) is 2.11. The number of nitrogens with zero attached hydrogens (tertiary/aromatic N) is 5. The van der Waals surface area contributed by atoms with Crippen molar-refractivity contribution in [2.75, 3.05) is 0 Å². The van der Waals surface area contributed by atoms with Crippen LogP contribution in [0.25, 0.3) is 11.3 Å². The third-order valence-electron chi connectivity index (χ3n) is 5.66. The van der Waals surface area contributed by atoms with Crippen molar-refractivity contribution in [2.45, 2.75) is 51.1 Å². The molecule has 0 spiro atoms. The highest BCUT2D eigenvalue weighted by molar-refractivity contribution is 5.93. The number of alkyl halides is 6. The summed E-state index contributed by atoms with van der Waals surface area (Å²) in [6.07, 6.45) is -6.26. The Hall–Kier alpha value is -3.38. The van der Waals surface area contributed by atoms with Gasteiger partial charge < -0.3 is 5.32 Å². The van der Waals surface area contributed by atoms with E-state index in [4.69, 9.17) is 0 Å². The van der Waals surface area contributed by atoms with Gasteiger partial charge in [-0.25, -0.2) is 0 Å². The maximum Gasteiger partial charge on any atom is 0.435 e. The van der Waals surface area contributed by atoms with Crippen molar-refractivity contribution >= 4 is 5.91 Å². The monoisotopic (exact) mass is 486 g/mol. The van der Waals surface area contributed by atoms with Crippen LogP contribution in [0, 0.1) is 6.92 Å². The van der Waals surface area contributed by atoms with Crippen LogP contribution in [0.15, 0.2) is 24.4 Å². The first-order chi connectivity index (χ1) is 15.8. The number of carbonyl (C=O) groups excluding carboxylic acids is 1. The number of hydrogen-bond acceptors (Lipinski definition) is 4. The molecule has 0 saturated carbocycles. The van der Waals surface area contributed by atoms with E-state index in [1.165, 1.54) is 7.05 Å². The van der Waals surface area contributed by atoms with Gasteiger partial charge in [-0.05, 0) is 43.9 Å². The van der Waals surface area contributed by atoms with Gasteiger partial charge in [0.05, 0.1) is 17.4 Å². The van der Waals surface area contributed by atoms with E-state index in [2.05, 4.69) is 20.5 Å². The SMILES string of the molecule is Cc1cnc(C(F)(F)F)cc1-c1cc2n(n1)CCCCC2NC(=O)c1cc(C(F)(F)F)nn1C. The molecule has 182 valence electrons. The zero-order valence-electron chi connectivity index (χ0n) is 18.1. The van der Waals surface area contributed by atoms with Gasteiger partial charge in [-0.15, -0.1) is 0 Å². The molecule has 1 aliphatic rings. The van der Waals surface area contributed by atoms with Crippen LogP contribution < -0.4 is 5.32 Å². The van der Waals surface area contributed by atoms with E-state index in [0.717, 1.165) is 23.4 Å². The van der Waals surface area contributed by atoms with Gasteiger partial charge in [-0.2, -0.15) is 36.5 Å². The van der Waals surface area contributed by atoms with Gasteiger partial charge in [0.15, 0.2) is 5.69 Å². The van der Waals surface area contributed by atoms with E-state index in [0.29, 0.717) is 42.4 Å². The molecule has 1 amide bonds. The van der Waals surface area contributed by atoms with Crippen LogP contribution in [0.4, 0.5) is 26.3 Å². The van der Waals surface area contributed by atoms with Gasteiger partial charge in [0.25, 0.3) is 5.91 Å². The van der Waals surface area contributed by atoms with Crippen molar-refractivity contribution in [3.05, 3.63) is 52.7 Å². The molecule has 3 aromatic rings. The zero-order valence-corrected chi connectivity index (χ0v) is 18.1. The van der Waals surface area contributed by atoms with E-state index in [9.17, 15) is 31.1 Å². The second-order valence-corrected chi connectivity index (χ2v) is 8.12. The number of pyridine rings is 1. The standard InChI is InChI=1S/C21H20F6N6O/c1-11-10-28-17(20(22,23)24)7-12(11)14-8-15-13(5-3-4-6-33(15)30-14)29-19(34)16-9-18(21(25,26)27)31-32(16)2/h7-10,13H,3-6H2,1-2H3,(H,29,34). The number of fused-ring (bicyclic) bond motifs is 1. The van der Waals surface area contributed by atoms with Crippen molar-refractivity contribution in [1.82, 2.24) is 29.9 Å². The summed E-state index contributed by atoms with van der Waals surface area (Å²) in [6, 6.07) is 2.61. The molecule has 0 bridgehead atoms. The normalized spacial score (nSPS) is 16.8. The molecule has 0 aliphatic carbocycles. The van der Waals surface area contributed by atoms with Crippen molar-refractivity contribution in [1.29, 1.82) is 0 Å². The highest BCUT2D eigenvalue weighted by Gasteiger charge is 2.36. The Morgan fingerprint density at radius 1 is 1.03 bits per heavy atom. The summed E-state index contributed by atoms with van der Waals surface area (Å²) in [5.74, 6) is -0.744. The number of hydrogen-bond donors (Lipinski definition) is 1. The number of nitrogens with one attached hydrogen (secondary N) is 1. The van der Waals surface area contributed by atoms with E-state index in [1.807, 2.05) is 0 Å². The van der Waals surface area contributed by atoms with Gasteiger partial charge in [0, 0.05) is 31.4 Å². The first kappa shape index (κ1) is 23.8. The largest absolute Gasteiger partial charge is 0.435 e. The van der Waals surface area contributed by atoms with Crippen LogP contribution >= 0.6 is 0 Å². The molecular weight excluding hydrogens is 466 g/mol. The van der Waals surface area contributed by atoms with Gasteiger partial charge in [-0.3, -0.25) is 19.1 Å². The number of rotatable bonds is 3. The Balaban J connectivity index is 1.66. The molecule has 0 saturated heterocycles. The Labute approximate surface area is 189 Å². The first-order valence-corrected chi connectivity index (χ1v) is 10.4. The lowest BCUT2D eigenvalue weighted by Crippen LogP contribution is -2.30. The average Bonchev–Trinajstić information content (AvgIpc) is 3.29. The highest BCUT2D eigenvalue weighted by atomic mass is 19.4.